The summed E-state index contributed by atoms with van der Waals surface area (Å²) in [6.07, 6.45) is 0.735. The molecule has 1 fully saturated rings. The molecule has 192 valence electrons. The van der Waals surface area contributed by atoms with Gasteiger partial charge in [0.15, 0.2) is 0 Å². The Hall–Kier alpha value is -3.69. The molecule has 2 atom stereocenters. The normalized spacial score (nSPS) is 21.5. The zero-order valence-corrected chi connectivity index (χ0v) is 21.1. The van der Waals surface area contributed by atoms with Crippen molar-refractivity contribution in [3.8, 4) is 11.3 Å². The Balaban J connectivity index is 1.20. The maximum Gasteiger partial charge on any atom is 0.318 e. The Morgan fingerprint density at radius 2 is 1.81 bits per heavy atom. The molecule has 3 aromatic rings. The number of nitrogens with zero attached hydrogens (tertiary/aromatic N) is 5. The Morgan fingerprint density at radius 3 is 2.65 bits per heavy atom. The molecule has 0 bridgehead atoms. The van der Waals surface area contributed by atoms with E-state index >= 15 is 0 Å². The van der Waals surface area contributed by atoms with Crippen LogP contribution in [0.25, 0.3) is 11.3 Å². The first-order valence-electron chi connectivity index (χ1n) is 13.0. The van der Waals surface area contributed by atoms with Crippen LogP contribution in [0.15, 0.2) is 48.5 Å². The zero-order valence-electron chi connectivity index (χ0n) is 21.1. The van der Waals surface area contributed by atoms with Crippen LogP contribution in [0.5, 0.6) is 0 Å². The monoisotopic (exact) mass is 499 g/mol. The van der Waals surface area contributed by atoms with Gasteiger partial charge < -0.3 is 30.9 Å². The maximum absolute atomic E-state index is 13.2. The Kier molecular flexibility index (Phi) is 6.18. The Morgan fingerprint density at radius 1 is 1.00 bits per heavy atom. The Labute approximate surface area is 216 Å². The van der Waals surface area contributed by atoms with Gasteiger partial charge in [-0.1, -0.05) is 36.4 Å². The molecule has 0 radical (unpaired) electrons. The summed E-state index contributed by atoms with van der Waals surface area (Å²) in [5.74, 6) is 1.12. The molecule has 2 amide bonds. The summed E-state index contributed by atoms with van der Waals surface area (Å²) in [4.78, 5) is 28.6. The first kappa shape index (κ1) is 23.7. The van der Waals surface area contributed by atoms with E-state index in [1.165, 1.54) is 5.56 Å². The molecule has 1 saturated heterocycles. The van der Waals surface area contributed by atoms with Crippen molar-refractivity contribution in [2.75, 3.05) is 50.4 Å². The number of carbonyl (C=O) groups is 1. The third-order valence-electron chi connectivity index (χ3n) is 7.84. The molecular weight excluding hydrogens is 466 g/mol. The zero-order chi connectivity index (χ0) is 25.5. The molecule has 9 heteroatoms. The van der Waals surface area contributed by atoms with Crippen LogP contribution in [0.1, 0.15) is 28.3 Å². The number of benzene rings is 2. The molecule has 0 saturated carbocycles. The Bertz CT molecular complexity index is 1320. The van der Waals surface area contributed by atoms with Crippen LogP contribution >= 0.6 is 0 Å². The van der Waals surface area contributed by atoms with Gasteiger partial charge in [-0.15, -0.1) is 0 Å². The second kappa shape index (κ2) is 9.64. The van der Waals surface area contributed by atoms with Crippen molar-refractivity contribution in [3.63, 3.8) is 0 Å². The molecule has 1 aromatic heterocycles. The molecule has 2 aromatic carbocycles. The van der Waals surface area contributed by atoms with Gasteiger partial charge in [-0.05, 0) is 41.8 Å². The number of hydrogen-bond acceptors (Lipinski definition) is 7. The number of nitrogens with two attached hydrogens (primary N) is 1. The molecule has 2 unspecified atom stereocenters. The van der Waals surface area contributed by atoms with E-state index in [4.69, 9.17) is 5.73 Å². The number of aliphatic hydroxyl groups is 1. The van der Waals surface area contributed by atoms with Crippen molar-refractivity contribution in [1.29, 1.82) is 0 Å². The highest BCUT2D eigenvalue weighted by molar-refractivity contribution is 5.76. The highest BCUT2D eigenvalue weighted by atomic mass is 16.3. The van der Waals surface area contributed by atoms with E-state index in [1.807, 2.05) is 35.2 Å². The number of amides is 2. The van der Waals surface area contributed by atoms with Crippen molar-refractivity contribution >= 4 is 17.8 Å². The maximum atomic E-state index is 13.2. The molecule has 4 N–H and O–H groups in total. The molecule has 2 aliphatic heterocycles. The first-order chi connectivity index (χ1) is 17.9. The van der Waals surface area contributed by atoms with E-state index in [0.29, 0.717) is 19.5 Å². The lowest BCUT2D eigenvalue weighted by Gasteiger charge is -2.33. The minimum Gasteiger partial charge on any atom is -0.390 e. The van der Waals surface area contributed by atoms with E-state index in [0.717, 1.165) is 66.4 Å². The van der Waals surface area contributed by atoms with Crippen LogP contribution in [-0.4, -0.2) is 76.8 Å². The highest BCUT2D eigenvalue weighted by Gasteiger charge is 2.33. The molecule has 3 heterocycles. The number of fused-ring (bicyclic) bond motifs is 2. The van der Waals surface area contributed by atoms with Gasteiger partial charge >= 0.3 is 6.03 Å². The summed E-state index contributed by atoms with van der Waals surface area (Å²) in [7, 11) is 2.13. The van der Waals surface area contributed by atoms with E-state index < -0.39 is 6.10 Å². The van der Waals surface area contributed by atoms with E-state index in [9.17, 15) is 9.90 Å². The van der Waals surface area contributed by atoms with Crippen molar-refractivity contribution < 1.29 is 9.90 Å². The number of hydrogen-bond donors (Lipinski definition) is 3. The second-order valence-corrected chi connectivity index (χ2v) is 10.3. The van der Waals surface area contributed by atoms with Gasteiger partial charge in [0, 0.05) is 57.3 Å². The van der Waals surface area contributed by atoms with Crippen LogP contribution in [-0.2, 0) is 19.4 Å². The molecule has 9 nitrogen and oxygen atoms in total. The number of rotatable bonds is 3. The van der Waals surface area contributed by atoms with Crippen LogP contribution in [0, 0.1) is 0 Å². The number of aliphatic hydroxyl groups excluding tert-OH is 1. The average Bonchev–Trinajstić information content (AvgIpc) is 3.22. The van der Waals surface area contributed by atoms with Gasteiger partial charge in [0.1, 0.15) is 5.82 Å². The van der Waals surface area contributed by atoms with Crippen molar-refractivity contribution in [1.82, 2.24) is 25.1 Å². The first-order valence-corrected chi connectivity index (χ1v) is 13.0. The predicted molar refractivity (Wildman–Crippen MR) is 143 cm³/mol. The largest absolute Gasteiger partial charge is 0.390 e. The quantitative estimate of drug-likeness (QED) is 0.507. The second-order valence-electron chi connectivity index (χ2n) is 10.3. The molecule has 0 spiro atoms. The summed E-state index contributed by atoms with van der Waals surface area (Å²) >= 11 is 0. The minimum atomic E-state index is -0.609. The fourth-order valence-electron chi connectivity index (χ4n) is 5.66. The molecule has 3 aliphatic rings. The fourth-order valence-corrected chi connectivity index (χ4v) is 5.66. The summed E-state index contributed by atoms with van der Waals surface area (Å²) in [6, 6.07) is 15.7. The van der Waals surface area contributed by atoms with Gasteiger partial charge in [-0.25, -0.2) is 9.78 Å². The lowest BCUT2D eigenvalue weighted by Crippen LogP contribution is -2.45. The highest BCUT2D eigenvalue weighted by Crippen LogP contribution is 2.32. The number of likely N-dealkylation sites (N-methyl/N-ethyl adjacent to an activating group) is 1. The number of nitrogen functional groups attached to an aromatic ring is 1. The van der Waals surface area contributed by atoms with Crippen LogP contribution in [0.4, 0.5) is 16.6 Å². The predicted octanol–water partition coefficient (Wildman–Crippen LogP) is 2.20. The van der Waals surface area contributed by atoms with Crippen LogP contribution < -0.4 is 16.0 Å². The topological polar surface area (TPSA) is 111 Å². The molecule has 37 heavy (non-hydrogen) atoms. The van der Waals surface area contributed by atoms with Gasteiger partial charge in [0.05, 0.1) is 17.8 Å². The lowest BCUT2D eigenvalue weighted by molar-refractivity contribution is 0.132. The number of aromatic nitrogens is 2. The van der Waals surface area contributed by atoms with Crippen molar-refractivity contribution in [2.24, 2.45) is 0 Å². The third kappa shape index (κ3) is 4.72. The van der Waals surface area contributed by atoms with Crippen LogP contribution in [0.2, 0.25) is 0 Å². The summed E-state index contributed by atoms with van der Waals surface area (Å²) in [5.41, 5.74) is 12.3. The minimum absolute atomic E-state index is 0.152. The summed E-state index contributed by atoms with van der Waals surface area (Å²) in [6.45, 7) is 4.92. The summed E-state index contributed by atoms with van der Waals surface area (Å²) < 4.78 is 0. The number of anilines is 2. The van der Waals surface area contributed by atoms with E-state index in [1.54, 1.807) is 0 Å². The number of piperazine rings is 1. The number of carbonyl (C=O) groups excluding carboxylic acids is 1. The molecule has 1 aliphatic carbocycles. The van der Waals surface area contributed by atoms with Gasteiger partial charge in [-0.3, -0.25) is 0 Å². The van der Waals surface area contributed by atoms with E-state index in [-0.39, 0.29) is 18.0 Å². The van der Waals surface area contributed by atoms with E-state index in [2.05, 4.69) is 50.3 Å². The number of nitrogens with one attached hydrogen (secondary N) is 1. The van der Waals surface area contributed by atoms with Gasteiger partial charge in [0.25, 0.3) is 0 Å². The van der Waals surface area contributed by atoms with Crippen molar-refractivity contribution in [3.05, 3.63) is 70.8 Å². The van der Waals surface area contributed by atoms with Gasteiger partial charge in [-0.2, -0.15) is 4.98 Å². The number of urea groups is 1. The molecule has 6 rings (SSSR count). The average molecular weight is 500 g/mol. The molecular formula is C28H33N7O2. The fraction of sp³-hybridized carbons (Fsp3) is 0.393. The standard InChI is InChI=1S/C28H33N7O2/c1-33-10-12-34(13-11-33)25-16-23(30-27(29)31-25)20-7-6-18-8-9-35(17-21(18)14-20)28(37)32-26-22-5-3-2-4-19(22)15-24(26)36/h2-7,14,16,24,26,36H,8-13,15,17H2,1H3,(H,32,37)(H2,29,30,31). The summed E-state index contributed by atoms with van der Waals surface area (Å²) in [5, 5.41) is 13.6. The van der Waals surface area contributed by atoms with Crippen LogP contribution in [0.3, 0.4) is 0 Å². The smallest absolute Gasteiger partial charge is 0.318 e. The third-order valence-corrected chi connectivity index (χ3v) is 7.84. The lowest BCUT2D eigenvalue weighted by atomic mass is 9.96. The van der Waals surface area contributed by atoms with Crippen molar-refractivity contribution in [2.45, 2.75) is 31.5 Å². The SMILES string of the molecule is CN1CCN(c2cc(-c3ccc4c(c3)CN(C(=O)NC3c5ccccc5CC3O)CC4)nc(N)n2)CC1. The van der Waals surface area contributed by atoms with Gasteiger partial charge in [0.2, 0.25) is 5.95 Å².